The van der Waals surface area contributed by atoms with Gasteiger partial charge in [-0.2, -0.15) is 0 Å². The van der Waals surface area contributed by atoms with Gasteiger partial charge in [0.2, 0.25) is 0 Å². The average molecular weight is 474 g/mol. The standard InChI is InChI=1S/C14H24N2O6Se2/c1-9(13(19)21-3)15-11(17)5-7-23-24-8-6-12(18)16-10(2)14(20)22-4/h9-10H,5-8H2,1-4H3,(H,15,17)(H,16,18)/t9-,10-/m0/s1. The summed E-state index contributed by atoms with van der Waals surface area (Å²) in [6, 6.07) is -1.28. The summed E-state index contributed by atoms with van der Waals surface area (Å²) in [5.41, 5.74) is 0. The van der Waals surface area contributed by atoms with E-state index in [1.54, 1.807) is 13.8 Å². The quantitative estimate of drug-likeness (QED) is 0.233. The van der Waals surface area contributed by atoms with E-state index in [4.69, 9.17) is 0 Å². The summed E-state index contributed by atoms with van der Waals surface area (Å²) in [6.07, 6.45) is 0.739. The fourth-order valence-corrected chi connectivity index (χ4v) is 7.49. The fourth-order valence-electron chi connectivity index (χ4n) is 1.49. The van der Waals surface area contributed by atoms with Crippen LogP contribution in [-0.4, -0.2) is 76.3 Å². The van der Waals surface area contributed by atoms with Crippen molar-refractivity contribution in [2.45, 2.75) is 49.4 Å². The molecule has 2 amide bonds. The van der Waals surface area contributed by atoms with Gasteiger partial charge in [-0.3, -0.25) is 0 Å². The average Bonchev–Trinajstić information content (AvgIpc) is 2.55. The van der Waals surface area contributed by atoms with E-state index < -0.39 is 24.0 Å². The molecule has 2 N–H and O–H groups in total. The Morgan fingerprint density at radius 3 is 1.42 bits per heavy atom. The van der Waals surface area contributed by atoms with Crippen LogP contribution in [0.15, 0.2) is 0 Å². The first-order chi connectivity index (χ1) is 11.3. The number of rotatable bonds is 11. The Bertz CT molecular complexity index is 407. The van der Waals surface area contributed by atoms with Gasteiger partial charge >= 0.3 is 153 Å². The SMILES string of the molecule is COC(=O)[C@H](C)NC(=O)CC[Se][Se]CCC(=O)N[C@@H](C)C(=O)OC. The van der Waals surface area contributed by atoms with Crippen LogP contribution in [-0.2, 0) is 28.7 Å². The molecule has 24 heavy (non-hydrogen) atoms. The van der Waals surface area contributed by atoms with Gasteiger partial charge in [0.25, 0.3) is 0 Å². The molecule has 10 heteroatoms. The van der Waals surface area contributed by atoms with E-state index in [2.05, 4.69) is 20.1 Å². The molecular formula is C14H24N2O6Se2. The summed E-state index contributed by atoms with van der Waals surface area (Å²) >= 11 is 0.625. The van der Waals surface area contributed by atoms with Gasteiger partial charge in [-0.15, -0.1) is 0 Å². The van der Waals surface area contributed by atoms with Crippen molar-refractivity contribution in [3.8, 4) is 0 Å². The van der Waals surface area contributed by atoms with Gasteiger partial charge in [0.1, 0.15) is 0 Å². The molecule has 0 heterocycles. The molecule has 0 aliphatic heterocycles. The molecule has 8 nitrogen and oxygen atoms in total. The Morgan fingerprint density at radius 2 is 1.12 bits per heavy atom. The first-order valence-corrected chi connectivity index (χ1v) is 14.1. The maximum absolute atomic E-state index is 11.6. The molecule has 0 spiro atoms. The van der Waals surface area contributed by atoms with Crippen LogP contribution in [0.25, 0.3) is 0 Å². The second-order valence-corrected chi connectivity index (χ2v) is 12.6. The van der Waals surface area contributed by atoms with Crippen LogP contribution in [0.4, 0.5) is 0 Å². The van der Waals surface area contributed by atoms with E-state index in [0.29, 0.717) is 39.1 Å². The summed E-state index contributed by atoms with van der Waals surface area (Å²) in [6.45, 7) is 3.15. The summed E-state index contributed by atoms with van der Waals surface area (Å²) in [7, 11) is 2.55. The Kier molecular flexibility index (Phi) is 12.6. The third-order valence-corrected chi connectivity index (χ3v) is 10.1. The number of nitrogens with one attached hydrogen (secondary N) is 2. The van der Waals surface area contributed by atoms with Gasteiger partial charge in [0, 0.05) is 0 Å². The minimum absolute atomic E-state index is 0.171. The van der Waals surface area contributed by atoms with Crippen LogP contribution in [0.1, 0.15) is 26.7 Å². The van der Waals surface area contributed by atoms with E-state index >= 15 is 0 Å². The zero-order valence-electron chi connectivity index (χ0n) is 14.2. The van der Waals surface area contributed by atoms with Crippen molar-refractivity contribution in [3.05, 3.63) is 0 Å². The van der Waals surface area contributed by atoms with Gasteiger partial charge in [-0.25, -0.2) is 0 Å². The molecule has 0 aromatic heterocycles. The van der Waals surface area contributed by atoms with Gasteiger partial charge in [-0.05, 0) is 0 Å². The molecule has 0 saturated heterocycles. The van der Waals surface area contributed by atoms with Crippen LogP contribution in [0.5, 0.6) is 0 Å². The van der Waals surface area contributed by atoms with Crippen molar-refractivity contribution in [2.24, 2.45) is 0 Å². The predicted molar refractivity (Wildman–Crippen MR) is 89.6 cm³/mol. The molecule has 0 saturated carbocycles. The van der Waals surface area contributed by atoms with Gasteiger partial charge in [0.05, 0.1) is 0 Å². The molecule has 0 aliphatic rings. The van der Waals surface area contributed by atoms with Crippen molar-refractivity contribution in [3.63, 3.8) is 0 Å². The summed E-state index contributed by atoms with van der Waals surface area (Å²) < 4.78 is 9.06. The van der Waals surface area contributed by atoms with E-state index in [1.165, 1.54) is 14.2 Å². The first kappa shape index (κ1) is 22.9. The molecule has 138 valence electrons. The number of carbonyl (C=O) groups is 4. The van der Waals surface area contributed by atoms with E-state index in [9.17, 15) is 19.2 Å². The maximum atomic E-state index is 11.6. The van der Waals surface area contributed by atoms with Crippen LogP contribution in [0, 0.1) is 0 Å². The third-order valence-electron chi connectivity index (χ3n) is 2.77. The minimum atomic E-state index is -0.638. The fraction of sp³-hybridized carbons (Fsp3) is 0.714. The van der Waals surface area contributed by atoms with Crippen molar-refractivity contribution in [1.82, 2.24) is 10.6 Å². The van der Waals surface area contributed by atoms with Crippen LogP contribution in [0.2, 0.25) is 10.6 Å². The molecule has 0 aromatic rings. The van der Waals surface area contributed by atoms with Crippen LogP contribution in [0.3, 0.4) is 0 Å². The van der Waals surface area contributed by atoms with Crippen LogP contribution >= 0.6 is 0 Å². The van der Waals surface area contributed by atoms with Gasteiger partial charge < -0.3 is 0 Å². The first-order valence-electron chi connectivity index (χ1n) is 7.30. The van der Waals surface area contributed by atoms with E-state index in [1.807, 2.05) is 0 Å². The predicted octanol–water partition coefficient (Wildman–Crippen LogP) is -0.718. The monoisotopic (exact) mass is 476 g/mol. The molecule has 0 rings (SSSR count). The number of hydrogen-bond acceptors (Lipinski definition) is 6. The summed E-state index contributed by atoms with van der Waals surface area (Å²) in [5.74, 6) is -1.28. The topological polar surface area (TPSA) is 111 Å². The molecule has 0 radical (unpaired) electrons. The molecule has 0 aliphatic carbocycles. The number of hydrogen-bond donors (Lipinski definition) is 2. The van der Waals surface area contributed by atoms with Gasteiger partial charge in [-0.1, -0.05) is 0 Å². The van der Waals surface area contributed by atoms with E-state index in [0.717, 1.165) is 10.6 Å². The molecule has 0 bridgehead atoms. The van der Waals surface area contributed by atoms with Crippen molar-refractivity contribution >= 4 is 50.0 Å². The Hall–Kier alpha value is -1.08. The van der Waals surface area contributed by atoms with Crippen molar-refractivity contribution in [2.75, 3.05) is 14.2 Å². The van der Waals surface area contributed by atoms with Gasteiger partial charge in [0.15, 0.2) is 0 Å². The van der Waals surface area contributed by atoms with E-state index in [-0.39, 0.29) is 11.8 Å². The number of esters is 2. The molecule has 0 aromatic carbocycles. The zero-order chi connectivity index (χ0) is 18.5. The second-order valence-electron chi connectivity index (χ2n) is 4.77. The number of carbonyl (C=O) groups excluding carboxylic acids is 4. The molecular weight excluding hydrogens is 450 g/mol. The second kappa shape index (κ2) is 13.2. The van der Waals surface area contributed by atoms with Crippen molar-refractivity contribution < 1.29 is 28.7 Å². The van der Waals surface area contributed by atoms with Crippen LogP contribution < -0.4 is 10.6 Å². The molecule has 2 atom stereocenters. The number of methoxy groups -OCH3 is 2. The Morgan fingerprint density at radius 1 is 0.792 bits per heavy atom. The normalized spacial score (nSPS) is 12.7. The summed E-state index contributed by atoms with van der Waals surface area (Å²) in [4.78, 5) is 45.6. The van der Waals surface area contributed by atoms with Crippen molar-refractivity contribution in [1.29, 1.82) is 0 Å². The zero-order valence-corrected chi connectivity index (χ0v) is 17.7. The summed E-state index contributed by atoms with van der Waals surface area (Å²) in [5, 5.41) is 6.69. The Labute approximate surface area is 153 Å². The number of amides is 2. The number of ether oxygens (including phenoxy) is 2. The molecule has 0 fully saturated rings. The third kappa shape index (κ3) is 10.6. The molecule has 0 unspecified atom stereocenters. The Balaban J connectivity index is 3.70.